The summed E-state index contributed by atoms with van der Waals surface area (Å²) in [6, 6.07) is 14.9. The van der Waals surface area contributed by atoms with Gasteiger partial charge in [-0.3, -0.25) is 0 Å². The Kier molecular flexibility index (Phi) is 5.13. The maximum absolute atomic E-state index is 12.8. The van der Waals surface area contributed by atoms with Gasteiger partial charge in [0.15, 0.2) is 0 Å². The van der Waals surface area contributed by atoms with E-state index in [1.807, 2.05) is 30.3 Å². The van der Waals surface area contributed by atoms with E-state index in [1.165, 1.54) is 12.1 Å². The summed E-state index contributed by atoms with van der Waals surface area (Å²) in [4.78, 5) is 0. The van der Waals surface area contributed by atoms with Gasteiger partial charge >= 0.3 is 0 Å². The topological polar surface area (TPSA) is 21.3 Å². The quantitative estimate of drug-likeness (QED) is 0.866. The number of halogens is 1. The molecular weight excluding hydrogens is 253 g/mol. The largest absolute Gasteiger partial charge is 0.496 e. The Morgan fingerprint density at radius 1 is 1.10 bits per heavy atom. The summed E-state index contributed by atoms with van der Waals surface area (Å²) >= 11 is 0. The Morgan fingerprint density at radius 3 is 2.50 bits per heavy atom. The van der Waals surface area contributed by atoms with E-state index in [0.717, 1.165) is 29.8 Å². The van der Waals surface area contributed by atoms with E-state index in [2.05, 4.69) is 18.3 Å². The highest BCUT2D eigenvalue weighted by molar-refractivity contribution is 5.35. The summed E-state index contributed by atoms with van der Waals surface area (Å²) in [7, 11) is 1.68. The first-order chi connectivity index (χ1) is 9.70. The molecule has 1 N–H and O–H groups in total. The molecule has 2 rings (SSSR count). The number of hydrogen-bond donors (Lipinski definition) is 1. The Morgan fingerprint density at radius 2 is 1.80 bits per heavy atom. The molecular formula is C17H20FNO. The maximum Gasteiger partial charge on any atom is 0.123 e. The highest BCUT2D eigenvalue weighted by Gasteiger charge is 2.09. The molecule has 0 spiro atoms. The van der Waals surface area contributed by atoms with E-state index in [0.29, 0.717) is 0 Å². The van der Waals surface area contributed by atoms with Crippen LogP contribution in [0.3, 0.4) is 0 Å². The molecule has 106 valence electrons. The SMILES string of the molecule is COc1ccccc1C(C)NCCc1ccc(F)cc1. The van der Waals surface area contributed by atoms with Crippen LogP contribution in [-0.4, -0.2) is 13.7 Å². The van der Waals surface area contributed by atoms with Crippen LogP contribution in [0, 0.1) is 5.82 Å². The van der Waals surface area contributed by atoms with Gasteiger partial charge in [-0.2, -0.15) is 0 Å². The fourth-order valence-corrected chi connectivity index (χ4v) is 2.22. The lowest BCUT2D eigenvalue weighted by Crippen LogP contribution is -2.21. The minimum Gasteiger partial charge on any atom is -0.496 e. The summed E-state index contributed by atoms with van der Waals surface area (Å²) in [5.41, 5.74) is 2.28. The first-order valence-electron chi connectivity index (χ1n) is 6.81. The zero-order chi connectivity index (χ0) is 14.4. The van der Waals surface area contributed by atoms with Crippen LogP contribution in [-0.2, 0) is 6.42 Å². The molecule has 0 heterocycles. The third-order valence-electron chi connectivity index (χ3n) is 3.38. The van der Waals surface area contributed by atoms with Gasteiger partial charge in [-0.1, -0.05) is 30.3 Å². The molecule has 0 bridgehead atoms. The van der Waals surface area contributed by atoms with E-state index in [1.54, 1.807) is 7.11 Å². The fourth-order valence-electron chi connectivity index (χ4n) is 2.22. The average molecular weight is 273 g/mol. The number of benzene rings is 2. The average Bonchev–Trinajstić information content (AvgIpc) is 2.49. The Balaban J connectivity index is 1.89. The van der Waals surface area contributed by atoms with Gasteiger partial charge in [0.05, 0.1) is 7.11 Å². The van der Waals surface area contributed by atoms with E-state index in [9.17, 15) is 4.39 Å². The first kappa shape index (κ1) is 14.5. The lowest BCUT2D eigenvalue weighted by molar-refractivity contribution is 0.402. The lowest BCUT2D eigenvalue weighted by atomic mass is 10.1. The van der Waals surface area contributed by atoms with Gasteiger partial charge in [-0.25, -0.2) is 4.39 Å². The molecule has 0 fully saturated rings. The van der Waals surface area contributed by atoms with Crippen LogP contribution in [0.25, 0.3) is 0 Å². The van der Waals surface area contributed by atoms with Crippen molar-refractivity contribution in [2.75, 3.05) is 13.7 Å². The number of hydrogen-bond acceptors (Lipinski definition) is 2. The highest BCUT2D eigenvalue weighted by Crippen LogP contribution is 2.24. The molecule has 0 aromatic heterocycles. The summed E-state index contributed by atoms with van der Waals surface area (Å²) in [6.07, 6.45) is 0.875. The summed E-state index contributed by atoms with van der Waals surface area (Å²) in [5.74, 6) is 0.707. The molecule has 1 unspecified atom stereocenters. The monoisotopic (exact) mass is 273 g/mol. The molecule has 0 amide bonds. The van der Waals surface area contributed by atoms with Crippen LogP contribution in [0.2, 0.25) is 0 Å². The fraction of sp³-hybridized carbons (Fsp3) is 0.294. The molecule has 0 aliphatic heterocycles. The number of ether oxygens (including phenoxy) is 1. The van der Waals surface area contributed by atoms with E-state index in [4.69, 9.17) is 4.74 Å². The first-order valence-corrected chi connectivity index (χ1v) is 6.81. The molecule has 2 aromatic rings. The zero-order valence-corrected chi connectivity index (χ0v) is 11.9. The van der Waals surface area contributed by atoms with Crippen molar-refractivity contribution >= 4 is 0 Å². The molecule has 3 heteroatoms. The number of nitrogens with one attached hydrogen (secondary N) is 1. The second kappa shape index (κ2) is 7.06. The van der Waals surface area contributed by atoms with Gasteiger partial charge in [0, 0.05) is 11.6 Å². The van der Waals surface area contributed by atoms with Gasteiger partial charge in [-0.05, 0) is 43.7 Å². The van der Waals surface area contributed by atoms with Crippen molar-refractivity contribution in [3.63, 3.8) is 0 Å². The Hall–Kier alpha value is -1.87. The normalized spacial score (nSPS) is 12.2. The Bertz CT molecular complexity index is 539. The Labute approximate surface area is 119 Å². The van der Waals surface area contributed by atoms with Crippen molar-refractivity contribution in [1.29, 1.82) is 0 Å². The van der Waals surface area contributed by atoms with Crippen LogP contribution in [0.4, 0.5) is 4.39 Å². The van der Waals surface area contributed by atoms with Gasteiger partial charge in [-0.15, -0.1) is 0 Å². The minimum absolute atomic E-state index is 0.191. The second-order valence-corrected chi connectivity index (χ2v) is 4.79. The summed E-state index contributed by atoms with van der Waals surface area (Å²) < 4.78 is 18.2. The third kappa shape index (κ3) is 3.81. The number of methoxy groups -OCH3 is 1. The van der Waals surface area contributed by atoms with E-state index >= 15 is 0 Å². The van der Waals surface area contributed by atoms with Crippen LogP contribution in [0.15, 0.2) is 48.5 Å². The molecule has 2 aromatic carbocycles. The van der Waals surface area contributed by atoms with Crippen molar-refractivity contribution in [3.05, 3.63) is 65.5 Å². The smallest absolute Gasteiger partial charge is 0.123 e. The van der Waals surface area contributed by atoms with E-state index < -0.39 is 0 Å². The molecule has 0 aliphatic rings. The van der Waals surface area contributed by atoms with Crippen molar-refractivity contribution in [1.82, 2.24) is 5.32 Å². The van der Waals surface area contributed by atoms with Crippen LogP contribution in [0.5, 0.6) is 5.75 Å². The molecule has 2 nitrogen and oxygen atoms in total. The number of rotatable bonds is 6. The molecule has 1 atom stereocenters. The molecule has 0 saturated heterocycles. The van der Waals surface area contributed by atoms with Crippen molar-refractivity contribution in [2.24, 2.45) is 0 Å². The lowest BCUT2D eigenvalue weighted by Gasteiger charge is -2.17. The third-order valence-corrected chi connectivity index (χ3v) is 3.38. The number of para-hydroxylation sites is 1. The maximum atomic E-state index is 12.8. The van der Waals surface area contributed by atoms with Crippen molar-refractivity contribution in [2.45, 2.75) is 19.4 Å². The van der Waals surface area contributed by atoms with Gasteiger partial charge in [0.25, 0.3) is 0 Å². The molecule has 20 heavy (non-hydrogen) atoms. The van der Waals surface area contributed by atoms with Crippen LogP contribution in [0.1, 0.15) is 24.1 Å². The van der Waals surface area contributed by atoms with Gasteiger partial charge in [0.1, 0.15) is 11.6 Å². The predicted molar refractivity (Wildman–Crippen MR) is 79.5 cm³/mol. The van der Waals surface area contributed by atoms with Crippen LogP contribution < -0.4 is 10.1 Å². The minimum atomic E-state index is -0.191. The summed E-state index contributed by atoms with van der Waals surface area (Å²) in [6.45, 7) is 2.95. The predicted octanol–water partition coefficient (Wildman–Crippen LogP) is 3.73. The van der Waals surface area contributed by atoms with Gasteiger partial charge < -0.3 is 10.1 Å². The second-order valence-electron chi connectivity index (χ2n) is 4.79. The van der Waals surface area contributed by atoms with Crippen molar-refractivity contribution < 1.29 is 9.13 Å². The molecule has 0 aliphatic carbocycles. The summed E-state index contributed by atoms with van der Waals surface area (Å²) in [5, 5.41) is 3.46. The molecule has 0 saturated carbocycles. The zero-order valence-electron chi connectivity index (χ0n) is 11.9. The molecule has 0 radical (unpaired) electrons. The van der Waals surface area contributed by atoms with Gasteiger partial charge in [0.2, 0.25) is 0 Å². The highest BCUT2D eigenvalue weighted by atomic mass is 19.1. The van der Waals surface area contributed by atoms with E-state index in [-0.39, 0.29) is 11.9 Å². The van der Waals surface area contributed by atoms with Crippen LogP contribution >= 0.6 is 0 Å². The standard InChI is InChI=1S/C17H20FNO/c1-13(16-5-3-4-6-17(16)20-2)19-12-11-14-7-9-15(18)10-8-14/h3-10,13,19H,11-12H2,1-2H3. The van der Waals surface area contributed by atoms with Crippen molar-refractivity contribution in [3.8, 4) is 5.75 Å².